The fourth-order valence-corrected chi connectivity index (χ4v) is 5.15. The Labute approximate surface area is 233 Å². The van der Waals surface area contributed by atoms with Gasteiger partial charge in [-0.1, -0.05) is 36.4 Å². The van der Waals surface area contributed by atoms with Crippen LogP contribution in [0.1, 0.15) is 49.0 Å². The molecule has 0 saturated carbocycles. The Balaban J connectivity index is 1.73. The minimum absolute atomic E-state index is 0.0822. The summed E-state index contributed by atoms with van der Waals surface area (Å²) in [5.41, 5.74) is 4.02. The highest BCUT2D eigenvalue weighted by Crippen LogP contribution is 2.50. The monoisotopic (exact) mass is 545 g/mol. The Morgan fingerprint density at radius 1 is 0.975 bits per heavy atom. The fourth-order valence-electron chi connectivity index (χ4n) is 5.15. The molecule has 9 nitrogen and oxygen atoms in total. The van der Waals surface area contributed by atoms with Gasteiger partial charge < -0.3 is 30.2 Å². The first-order valence-corrected chi connectivity index (χ1v) is 13.1. The molecule has 0 spiro atoms. The van der Waals surface area contributed by atoms with Gasteiger partial charge in [0.1, 0.15) is 0 Å². The Bertz CT molecular complexity index is 1460. The van der Waals surface area contributed by atoms with E-state index in [1.165, 1.54) is 20.1 Å². The van der Waals surface area contributed by atoms with E-state index in [-0.39, 0.29) is 35.5 Å². The van der Waals surface area contributed by atoms with Gasteiger partial charge in [-0.2, -0.15) is 0 Å². The molecule has 0 heterocycles. The molecule has 1 aliphatic carbocycles. The van der Waals surface area contributed by atoms with Crippen LogP contribution in [-0.2, 0) is 16.0 Å². The van der Waals surface area contributed by atoms with Crippen molar-refractivity contribution in [3.05, 3.63) is 81.5 Å². The number of hydrogen-bond donors (Lipinski definition) is 3. The lowest BCUT2D eigenvalue weighted by atomic mass is 9.95. The number of ether oxygens (including phenoxy) is 3. The van der Waals surface area contributed by atoms with Crippen LogP contribution in [0.25, 0.3) is 11.1 Å². The van der Waals surface area contributed by atoms with E-state index < -0.39 is 6.04 Å². The van der Waals surface area contributed by atoms with E-state index in [0.717, 1.165) is 22.3 Å². The van der Waals surface area contributed by atoms with Crippen LogP contribution >= 0.6 is 0 Å². The van der Waals surface area contributed by atoms with Crippen LogP contribution in [0.2, 0.25) is 0 Å². The van der Waals surface area contributed by atoms with Crippen molar-refractivity contribution in [2.24, 2.45) is 0 Å². The van der Waals surface area contributed by atoms with Gasteiger partial charge in [-0.25, -0.2) is 0 Å². The number of rotatable bonds is 9. The summed E-state index contributed by atoms with van der Waals surface area (Å²) in [5.74, 6) is 0.989. The predicted molar refractivity (Wildman–Crippen MR) is 154 cm³/mol. The van der Waals surface area contributed by atoms with Crippen LogP contribution < -0.4 is 35.6 Å². The number of nitrogens with one attached hydrogen (secondary N) is 3. The van der Waals surface area contributed by atoms with E-state index in [9.17, 15) is 14.4 Å². The molecule has 0 unspecified atom stereocenters. The summed E-state index contributed by atoms with van der Waals surface area (Å²) in [7, 11) is 4.65. The second kappa shape index (κ2) is 12.5. The zero-order valence-electron chi connectivity index (χ0n) is 23.4. The Morgan fingerprint density at radius 2 is 1.70 bits per heavy atom. The molecule has 3 aromatic rings. The lowest BCUT2D eigenvalue weighted by molar-refractivity contribution is -0.120. The first-order valence-electron chi connectivity index (χ1n) is 13.1. The van der Waals surface area contributed by atoms with Crippen molar-refractivity contribution in [2.45, 2.75) is 38.8 Å². The third kappa shape index (κ3) is 6.03. The molecule has 0 radical (unpaired) electrons. The molecule has 210 valence electrons. The van der Waals surface area contributed by atoms with Gasteiger partial charge >= 0.3 is 0 Å². The number of carbonyl (C=O) groups is 2. The number of anilines is 1. The summed E-state index contributed by atoms with van der Waals surface area (Å²) in [5, 5.41) is 8.92. The topological polar surface area (TPSA) is 115 Å². The minimum Gasteiger partial charge on any atom is -0.493 e. The van der Waals surface area contributed by atoms with Gasteiger partial charge in [-0.15, -0.1) is 0 Å². The molecule has 0 aliphatic heterocycles. The number of carbonyl (C=O) groups excluding carboxylic acids is 2. The highest BCUT2D eigenvalue weighted by Gasteiger charge is 2.29. The lowest BCUT2D eigenvalue weighted by Gasteiger charge is -2.19. The molecule has 0 bridgehead atoms. The average Bonchev–Trinajstić information content (AvgIpc) is 3.19. The highest BCUT2D eigenvalue weighted by molar-refractivity contribution is 5.84. The molecule has 2 amide bonds. The van der Waals surface area contributed by atoms with Crippen molar-refractivity contribution in [3.8, 4) is 28.4 Å². The summed E-state index contributed by atoms with van der Waals surface area (Å²) in [6.45, 7) is 3.27. The zero-order valence-corrected chi connectivity index (χ0v) is 23.4. The Kier molecular flexibility index (Phi) is 8.93. The van der Waals surface area contributed by atoms with E-state index in [4.69, 9.17) is 14.2 Å². The average molecular weight is 546 g/mol. The van der Waals surface area contributed by atoms with Gasteiger partial charge in [0.05, 0.1) is 45.6 Å². The third-order valence-corrected chi connectivity index (χ3v) is 7.03. The summed E-state index contributed by atoms with van der Waals surface area (Å²) in [6, 6.07) is 16.0. The molecular formula is C31H35N3O6. The third-order valence-electron chi connectivity index (χ3n) is 7.03. The summed E-state index contributed by atoms with van der Waals surface area (Å²) < 4.78 is 17.0. The second-order valence-corrected chi connectivity index (χ2v) is 9.65. The maximum Gasteiger partial charge on any atom is 0.239 e. The number of aryl methyl sites for hydroxylation is 1. The van der Waals surface area contributed by atoms with Crippen LogP contribution in [0.3, 0.4) is 0 Å². The largest absolute Gasteiger partial charge is 0.493 e. The molecule has 2 atom stereocenters. The van der Waals surface area contributed by atoms with E-state index in [0.29, 0.717) is 35.7 Å². The summed E-state index contributed by atoms with van der Waals surface area (Å²) >= 11 is 0. The first kappa shape index (κ1) is 28.5. The van der Waals surface area contributed by atoms with Gasteiger partial charge in [0.2, 0.25) is 23.0 Å². The maximum absolute atomic E-state index is 13.4. The molecule has 40 heavy (non-hydrogen) atoms. The first-order chi connectivity index (χ1) is 19.3. The van der Waals surface area contributed by atoms with Crippen molar-refractivity contribution in [1.29, 1.82) is 0 Å². The molecule has 0 saturated heterocycles. The minimum atomic E-state index is -0.412. The van der Waals surface area contributed by atoms with Gasteiger partial charge in [-0.05, 0) is 60.2 Å². The van der Waals surface area contributed by atoms with Crippen LogP contribution in [0, 0.1) is 0 Å². The van der Waals surface area contributed by atoms with Crippen molar-refractivity contribution in [2.75, 3.05) is 33.2 Å². The van der Waals surface area contributed by atoms with Crippen molar-refractivity contribution >= 4 is 17.5 Å². The van der Waals surface area contributed by atoms with Crippen LogP contribution in [0.5, 0.6) is 17.2 Å². The van der Waals surface area contributed by atoms with Crippen LogP contribution in [0.15, 0.2) is 59.4 Å². The Hall–Kier alpha value is -4.53. The van der Waals surface area contributed by atoms with Gasteiger partial charge in [-0.3, -0.25) is 14.4 Å². The van der Waals surface area contributed by atoms with Crippen molar-refractivity contribution in [3.63, 3.8) is 0 Å². The smallest absolute Gasteiger partial charge is 0.239 e. The molecule has 3 N–H and O–H groups in total. The second-order valence-electron chi connectivity index (χ2n) is 9.65. The quantitative estimate of drug-likeness (QED) is 0.370. The number of amides is 2. The van der Waals surface area contributed by atoms with Crippen molar-refractivity contribution < 1.29 is 23.8 Å². The summed E-state index contributed by atoms with van der Waals surface area (Å²) in [4.78, 5) is 38.2. The van der Waals surface area contributed by atoms with Crippen LogP contribution in [0.4, 0.5) is 5.69 Å². The van der Waals surface area contributed by atoms with Gasteiger partial charge in [0.15, 0.2) is 11.5 Å². The number of methoxy groups -OCH3 is 3. The van der Waals surface area contributed by atoms with E-state index in [1.54, 1.807) is 20.3 Å². The van der Waals surface area contributed by atoms with Gasteiger partial charge in [0, 0.05) is 12.5 Å². The van der Waals surface area contributed by atoms with E-state index in [1.807, 2.05) is 49.4 Å². The normalized spacial score (nSPS) is 14.5. The SMILES string of the molecule is COc1cc2c(c(OC)c1OC)-c1ccc(NCC(=O)N[C@H](C)c3ccccc3)c(=O)cc1[C@@H](NC(C)=O)CC2. The van der Waals surface area contributed by atoms with Gasteiger partial charge in [0.25, 0.3) is 0 Å². The van der Waals surface area contributed by atoms with Crippen LogP contribution in [-0.4, -0.2) is 39.7 Å². The molecule has 0 fully saturated rings. The molecular weight excluding hydrogens is 510 g/mol. The maximum atomic E-state index is 13.4. The van der Waals surface area contributed by atoms with E-state index >= 15 is 0 Å². The van der Waals surface area contributed by atoms with E-state index in [2.05, 4.69) is 16.0 Å². The Morgan fingerprint density at radius 3 is 2.35 bits per heavy atom. The molecule has 1 aliphatic rings. The zero-order chi connectivity index (χ0) is 28.8. The standard InChI is InChI=1S/C31H35N3O6/c1-18(20-9-7-6-8-10-20)33-28(37)17-32-25-14-12-22-23(16-26(25)36)24(34-19(2)35)13-11-21-15-27(38-3)30(39-4)31(40-5)29(21)22/h6-10,12,14-16,18,24H,11,13,17H2,1-5H3,(H,32,36)(H,33,37)(H,34,35)/t18-,24+/m1/s1. The number of hydrogen-bond acceptors (Lipinski definition) is 7. The summed E-state index contributed by atoms with van der Waals surface area (Å²) in [6.07, 6.45) is 1.17. The number of benzene rings is 2. The fraction of sp³-hybridized carbons (Fsp3) is 0.323. The molecule has 0 aromatic heterocycles. The molecule has 9 heteroatoms. The molecule has 3 aromatic carbocycles. The molecule has 4 rings (SSSR count). The number of fused-ring (bicyclic) bond motifs is 3. The lowest BCUT2D eigenvalue weighted by Crippen LogP contribution is -2.32. The highest BCUT2D eigenvalue weighted by atomic mass is 16.5. The predicted octanol–water partition coefficient (Wildman–Crippen LogP) is 4.15. The van der Waals surface area contributed by atoms with Crippen molar-refractivity contribution in [1.82, 2.24) is 10.6 Å².